The van der Waals surface area contributed by atoms with Crippen LogP contribution in [0, 0.1) is 13.8 Å². The first-order chi connectivity index (χ1) is 7.74. The van der Waals surface area contributed by atoms with Crippen molar-refractivity contribution in [1.82, 2.24) is 15.2 Å². The number of thioether (sulfide) groups is 1. The predicted molar refractivity (Wildman–Crippen MR) is 66.8 cm³/mol. The Morgan fingerprint density at radius 1 is 1.19 bits per heavy atom. The molecule has 0 saturated heterocycles. The minimum atomic E-state index is 0.268. The van der Waals surface area contributed by atoms with E-state index >= 15 is 0 Å². The molecule has 0 aromatic carbocycles. The van der Waals surface area contributed by atoms with E-state index in [1.807, 2.05) is 13.8 Å². The molecule has 1 rings (SSSR count). The van der Waals surface area contributed by atoms with Crippen molar-refractivity contribution in [2.75, 3.05) is 30.0 Å². The van der Waals surface area contributed by atoms with Gasteiger partial charge in [-0.25, -0.2) is 4.98 Å². The summed E-state index contributed by atoms with van der Waals surface area (Å²) in [6, 6.07) is 0. The number of anilines is 1. The fourth-order valence-corrected chi connectivity index (χ4v) is 1.82. The van der Waals surface area contributed by atoms with Crippen LogP contribution in [0.5, 0.6) is 0 Å². The average molecular weight is 242 g/mol. The Labute approximate surface area is 100 Å². The molecule has 0 fully saturated rings. The van der Waals surface area contributed by atoms with Crippen LogP contribution in [0.1, 0.15) is 17.8 Å². The van der Waals surface area contributed by atoms with Crippen molar-refractivity contribution in [3.8, 4) is 0 Å². The van der Waals surface area contributed by atoms with E-state index in [1.54, 1.807) is 11.8 Å². The highest BCUT2D eigenvalue weighted by Crippen LogP contribution is 2.04. The lowest BCUT2D eigenvalue weighted by Gasteiger charge is -2.05. The summed E-state index contributed by atoms with van der Waals surface area (Å²) in [6.45, 7) is 4.90. The Morgan fingerprint density at radius 3 is 2.69 bits per heavy atom. The van der Waals surface area contributed by atoms with Gasteiger partial charge in [-0.15, -0.1) is 5.10 Å². The molecular formula is C10H18N4OS. The zero-order chi connectivity index (χ0) is 11.8. The molecule has 0 bridgehead atoms. The number of nitrogens with one attached hydrogen (secondary N) is 1. The predicted octanol–water partition coefficient (Wildman–Crippen LogP) is 1.02. The van der Waals surface area contributed by atoms with Gasteiger partial charge >= 0.3 is 0 Å². The van der Waals surface area contributed by atoms with E-state index in [-0.39, 0.29) is 6.61 Å². The Balaban J connectivity index is 2.19. The Morgan fingerprint density at radius 2 is 2.00 bits per heavy atom. The summed E-state index contributed by atoms with van der Waals surface area (Å²) in [6.07, 6.45) is 0.854. The van der Waals surface area contributed by atoms with E-state index in [2.05, 4.69) is 20.5 Å². The molecule has 16 heavy (non-hydrogen) atoms. The lowest BCUT2D eigenvalue weighted by Crippen LogP contribution is -2.10. The minimum absolute atomic E-state index is 0.268. The van der Waals surface area contributed by atoms with Gasteiger partial charge < -0.3 is 10.4 Å². The third-order valence-electron chi connectivity index (χ3n) is 2.07. The van der Waals surface area contributed by atoms with Gasteiger partial charge in [-0.2, -0.15) is 16.9 Å². The second-order valence-corrected chi connectivity index (χ2v) is 4.65. The third-order valence-corrected chi connectivity index (χ3v) is 3.14. The number of nitrogens with zero attached hydrogens (tertiary/aromatic N) is 3. The van der Waals surface area contributed by atoms with Gasteiger partial charge in [0.15, 0.2) is 0 Å². The molecule has 0 unspecified atom stereocenters. The normalized spacial score (nSPS) is 10.4. The smallest absolute Gasteiger partial charge is 0.242 e. The third kappa shape index (κ3) is 4.76. The first kappa shape index (κ1) is 13.2. The Kier molecular flexibility index (Phi) is 6.10. The molecule has 5 nitrogen and oxygen atoms in total. The quantitative estimate of drug-likeness (QED) is 0.696. The molecule has 90 valence electrons. The number of aliphatic hydroxyl groups excluding tert-OH is 1. The van der Waals surface area contributed by atoms with Crippen LogP contribution in [-0.2, 0) is 0 Å². The molecule has 2 N–H and O–H groups in total. The van der Waals surface area contributed by atoms with Crippen molar-refractivity contribution >= 4 is 17.7 Å². The highest BCUT2D eigenvalue weighted by molar-refractivity contribution is 7.99. The van der Waals surface area contributed by atoms with Gasteiger partial charge in [0.1, 0.15) is 0 Å². The molecule has 0 aliphatic carbocycles. The maximum atomic E-state index is 8.60. The average Bonchev–Trinajstić information content (AvgIpc) is 2.28. The summed E-state index contributed by atoms with van der Waals surface area (Å²) < 4.78 is 0. The van der Waals surface area contributed by atoms with Gasteiger partial charge in [0.05, 0.1) is 11.4 Å². The lowest BCUT2D eigenvalue weighted by atomic mass is 10.4. The summed E-state index contributed by atoms with van der Waals surface area (Å²) >= 11 is 1.81. The molecule has 0 atom stereocenters. The van der Waals surface area contributed by atoms with E-state index in [9.17, 15) is 0 Å². The van der Waals surface area contributed by atoms with Gasteiger partial charge in [0.25, 0.3) is 0 Å². The summed E-state index contributed by atoms with van der Waals surface area (Å²) in [5.74, 6) is 2.56. The molecule has 0 spiro atoms. The fourth-order valence-electron chi connectivity index (χ4n) is 1.04. The van der Waals surface area contributed by atoms with Gasteiger partial charge in [0.2, 0.25) is 5.95 Å². The van der Waals surface area contributed by atoms with Crippen molar-refractivity contribution in [2.45, 2.75) is 20.3 Å². The standard InChI is InChI=1S/C10H18N4OS/c1-8-9(2)13-14-10(12-8)11-4-7-16-6-3-5-15/h15H,3-7H2,1-2H3,(H,11,12,14). The van der Waals surface area contributed by atoms with E-state index in [0.717, 1.165) is 35.9 Å². The topological polar surface area (TPSA) is 70.9 Å². The molecule has 1 heterocycles. The Hall–Kier alpha value is -0.880. The van der Waals surface area contributed by atoms with Crippen molar-refractivity contribution in [2.24, 2.45) is 0 Å². The fraction of sp³-hybridized carbons (Fsp3) is 0.700. The molecule has 0 amide bonds. The van der Waals surface area contributed by atoms with Crippen LogP contribution in [0.25, 0.3) is 0 Å². The van der Waals surface area contributed by atoms with Crippen LogP contribution in [-0.4, -0.2) is 44.9 Å². The second-order valence-electron chi connectivity index (χ2n) is 3.42. The Bertz CT molecular complexity index is 322. The number of hydrogen-bond acceptors (Lipinski definition) is 6. The van der Waals surface area contributed by atoms with Crippen molar-refractivity contribution in [3.63, 3.8) is 0 Å². The summed E-state index contributed by atoms with van der Waals surface area (Å²) in [7, 11) is 0. The van der Waals surface area contributed by atoms with Crippen LogP contribution < -0.4 is 5.32 Å². The van der Waals surface area contributed by atoms with E-state index in [4.69, 9.17) is 5.11 Å². The van der Waals surface area contributed by atoms with Gasteiger partial charge in [-0.3, -0.25) is 0 Å². The first-order valence-electron chi connectivity index (χ1n) is 5.34. The minimum Gasteiger partial charge on any atom is -0.396 e. The molecule has 0 aliphatic heterocycles. The highest BCUT2D eigenvalue weighted by atomic mass is 32.2. The zero-order valence-corrected chi connectivity index (χ0v) is 10.5. The number of rotatable bonds is 7. The molecule has 1 aromatic rings. The van der Waals surface area contributed by atoms with Gasteiger partial charge in [-0.05, 0) is 26.0 Å². The molecule has 0 aliphatic rings. The van der Waals surface area contributed by atoms with Crippen molar-refractivity contribution in [3.05, 3.63) is 11.4 Å². The summed E-state index contributed by atoms with van der Waals surface area (Å²) in [5.41, 5.74) is 1.77. The number of aliphatic hydroxyl groups is 1. The number of aromatic nitrogens is 3. The molecule has 0 saturated carbocycles. The van der Waals surface area contributed by atoms with Gasteiger partial charge in [-0.1, -0.05) is 0 Å². The number of aryl methyl sites for hydroxylation is 2. The monoisotopic (exact) mass is 242 g/mol. The number of hydrogen-bond donors (Lipinski definition) is 2. The molecule has 6 heteroatoms. The summed E-state index contributed by atoms with van der Waals surface area (Å²) in [4.78, 5) is 4.27. The second kappa shape index (κ2) is 7.40. The maximum Gasteiger partial charge on any atom is 0.242 e. The van der Waals surface area contributed by atoms with Gasteiger partial charge in [0, 0.05) is 18.9 Å². The zero-order valence-electron chi connectivity index (χ0n) is 9.73. The molecule has 0 radical (unpaired) electrons. The van der Waals surface area contributed by atoms with E-state index in [1.165, 1.54) is 0 Å². The summed E-state index contributed by atoms with van der Waals surface area (Å²) in [5, 5.41) is 19.7. The van der Waals surface area contributed by atoms with Crippen LogP contribution in [0.4, 0.5) is 5.95 Å². The van der Waals surface area contributed by atoms with Crippen LogP contribution in [0.15, 0.2) is 0 Å². The molecular weight excluding hydrogens is 224 g/mol. The van der Waals surface area contributed by atoms with Crippen LogP contribution >= 0.6 is 11.8 Å². The lowest BCUT2D eigenvalue weighted by molar-refractivity contribution is 0.296. The van der Waals surface area contributed by atoms with Crippen LogP contribution in [0.3, 0.4) is 0 Å². The van der Waals surface area contributed by atoms with E-state index in [0.29, 0.717) is 5.95 Å². The van der Waals surface area contributed by atoms with E-state index < -0.39 is 0 Å². The van der Waals surface area contributed by atoms with Crippen molar-refractivity contribution in [1.29, 1.82) is 0 Å². The largest absolute Gasteiger partial charge is 0.396 e. The maximum absolute atomic E-state index is 8.60. The molecule has 1 aromatic heterocycles. The first-order valence-corrected chi connectivity index (χ1v) is 6.50. The van der Waals surface area contributed by atoms with Crippen LogP contribution in [0.2, 0.25) is 0 Å². The SMILES string of the molecule is Cc1nnc(NCCSCCCO)nc1C. The van der Waals surface area contributed by atoms with Crippen molar-refractivity contribution < 1.29 is 5.11 Å². The highest BCUT2D eigenvalue weighted by Gasteiger charge is 1.99.